The molecule has 2 fully saturated rings. The molecule has 2 aliphatic heterocycles. The van der Waals surface area contributed by atoms with Gasteiger partial charge in [-0.25, -0.2) is 13.2 Å². The molecule has 0 bridgehead atoms. The number of amides is 1. The van der Waals surface area contributed by atoms with Crippen molar-refractivity contribution in [1.82, 2.24) is 4.90 Å². The van der Waals surface area contributed by atoms with Crippen molar-refractivity contribution in [2.24, 2.45) is 0 Å². The average Bonchev–Trinajstić information content (AvgIpc) is 2.93. The van der Waals surface area contributed by atoms with Crippen LogP contribution in [-0.2, 0) is 0 Å². The van der Waals surface area contributed by atoms with Gasteiger partial charge in [-0.3, -0.25) is 4.79 Å². The van der Waals surface area contributed by atoms with E-state index in [0.29, 0.717) is 6.42 Å². The van der Waals surface area contributed by atoms with Crippen molar-refractivity contribution in [3.63, 3.8) is 0 Å². The van der Waals surface area contributed by atoms with Gasteiger partial charge in [0.05, 0.1) is 18.2 Å². The van der Waals surface area contributed by atoms with Gasteiger partial charge < -0.3 is 19.5 Å². The molecular formula is C19H22F3NO4. The number of ether oxygens (including phenoxy) is 2. The van der Waals surface area contributed by atoms with E-state index in [2.05, 4.69) is 0 Å². The second-order valence-electron chi connectivity index (χ2n) is 7.69. The van der Waals surface area contributed by atoms with Gasteiger partial charge in [0, 0.05) is 19.4 Å². The van der Waals surface area contributed by atoms with E-state index in [0.717, 1.165) is 0 Å². The first-order chi connectivity index (χ1) is 12.7. The van der Waals surface area contributed by atoms with Crippen LogP contribution in [-0.4, -0.2) is 53.2 Å². The number of nitrogens with zero attached hydrogens (tertiary/aromatic N) is 1. The van der Waals surface area contributed by atoms with Gasteiger partial charge in [-0.2, -0.15) is 0 Å². The van der Waals surface area contributed by atoms with Crippen LogP contribution < -0.4 is 9.47 Å². The van der Waals surface area contributed by atoms with Crippen LogP contribution in [0, 0.1) is 12.7 Å². The van der Waals surface area contributed by atoms with Gasteiger partial charge >= 0.3 is 0 Å². The summed E-state index contributed by atoms with van der Waals surface area (Å²) in [5.74, 6) is -3.86. The lowest BCUT2D eigenvalue weighted by Crippen LogP contribution is -2.37. The molecule has 1 saturated heterocycles. The molecular weight excluding hydrogens is 363 g/mol. The fraction of sp³-hybridized carbons (Fsp3) is 0.632. The van der Waals surface area contributed by atoms with Crippen molar-refractivity contribution in [1.29, 1.82) is 0 Å². The van der Waals surface area contributed by atoms with E-state index in [4.69, 9.17) is 9.47 Å². The monoisotopic (exact) mass is 385 g/mol. The van der Waals surface area contributed by atoms with Crippen molar-refractivity contribution < 1.29 is 32.5 Å². The van der Waals surface area contributed by atoms with Crippen LogP contribution >= 0.6 is 0 Å². The van der Waals surface area contributed by atoms with Crippen LogP contribution in [0.1, 0.15) is 48.0 Å². The van der Waals surface area contributed by atoms with Gasteiger partial charge in [0.15, 0.2) is 11.6 Å². The molecule has 2 heterocycles. The summed E-state index contributed by atoms with van der Waals surface area (Å²) in [6, 6.07) is 1.17. The molecule has 1 N–H and O–H groups in total. The van der Waals surface area contributed by atoms with Gasteiger partial charge in [0.1, 0.15) is 17.9 Å². The Kier molecular flexibility index (Phi) is 4.49. The highest BCUT2D eigenvalue weighted by Gasteiger charge is 2.42. The van der Waals surface area contributed by atoms with Gasteiger partial charge in [-0.05, 0) is 37.8 Å². The van der Waals surface area contributed by atoms with Crippen molar-refractivity contribution in [2.45, 2.75) is 63.2 Å². The lowest BCUT2D eigenvalue weighted by atomic mass is 9.94. The first kappa shape index (κ1) is 18.4. The number of fused-ring (bicyclic) bond motifs is 2. The molecule has 0 aromatic heterocycles. The lowest BCUT2D eigenvalue weighted by molar-refractivity contribution is -0.0587. The number of carbonyl (C=O) groups is 1. The Hall–Kier alpha value is -1.96. The minimum Gasteiger partial charge on any atom is -0.490 e. The number of hydrogen-bond acceptors (Lipinski definition) is 4. The summed E-state index contributed by atoms with van der Waals surface area (Å²) in [4.78, 5) is 14.5. The number of carbonyl (C=O) groups excluding carboxylic acids is 1. The summed E-state index contributed by atoms with van der Waals surface area (Å²) >= 11 is 0. The summed E-state index contributed by atoms with van der Waals surface area (Å²) in [5.41, 5.74) is 0.242. The number of aliphatic hydroxyl groups is 1. The zero-order valence-corrected chi connectivity index (χ0v) is 15.0. The fourth-order valence-corrected chi connectivity index (χ4v) is 4.09. The van der Waals surface area contributed by atoms with Crippen molar-refractivity contribution in [3.8, 4) is 11.5 Å². The third kappa shape index (κ3) is 3.35. The number of hydrogen-bond donors (Lipinski definition) is 1. The van der Waals surface area contributed by atoms with E-state index in [1.165, 1.54) is 11.0 Å². The van der Waals surface area contributed by atoms with Crippen molar-refractivity contribution >= 4 is 5.91 Å². The molecule has 1 amide bonds. The smallest absolute Gasteiger partial charge is 0.261 e. The Balaban J connectivity index is 1.68. The maximum Gasteiger partial charge on any atom is 0.261 e. The second-order valence-corrected chi connectivity index (χ2v) is 7.69. The van der Waals surface area contributed by atoms with E-state index >= 15 is 0 Å². The van der Waals surface area contributed by atoms with E-state index in [1.807, 2.05) is 0 Å². The topological polar surface area (TPSA) is 59.0 Å². The third-order valence-electron chi connectivity index (χ3n) is 5.61. The zero-order valence-electron chi connectivity index (χ0n) is 15.0. The summed E-state index contributed by atoms with van der Waals surface area (Å²) in [5, 5.41) is 9.87. The number of alkyl halides is 2. The summed E-state index contributed by atoms with van der Waals surface area (Å²) in [6.07, 6.45) is -1.29. The third-order valence-corrected chi connectivity index (χ3v) is 5.61. The minimum atomic E-state index is -2.72. The number of benzene rings is 1. The zero-order chi connectivity index (χ0) is 19.3. The van der Waals surface area contributed by atoms with Crippen LogP contribution in [0.3, 0.4) is 0 Å². The predicted octanol–water partition coefficient (Wildman–Crippen LogP) is 3.06. The van der Waals surface area contributed by atoms with Gasteiger partial charge in [0.25, 0.3) is 5.91 Å². The Bertz CT molecular complexity index is 760. The maximum atomic E-state index is 14.9. The molecule has 1 aromatic rings. The molecule has 0 unspecified atom stereocenters. The quantitative estimate of drug-likeness (QED) is 0.850. The van der Waals surface area contributed by atoms with E-state index in [1.54, 1.807) is 6.92 Å². The molecule has 8 heteroatoms. The van der Waals surface area contributed by atoms with Gasteiger partial charge in [-0.1, -0.05) is 0 Å². The normalized spacial score (nSPS) is 27.6. The Labute approximate surface area is 155 Å². The summed E-state index contributed by atoms with van der Waals surface area (Å²) in [6.45, 7) is 1.90. The van der Waals surface area contributed by atoms with Gasteiger partial charge in [0.2, 0.25) is 5.92 Å². The second kappa shape index (κ2) is 6.58. The molecule has 1 aliphatic carbocycles. The highest BCUT2D eigenvalue weighted by Crippen LogP contribution is 2.41. The summed E-state index contributed by atoms with van der Waals surface area (Å²) in [7, 11) is 0. The van der Waals surface area contributed by atoms with E-state index in [9.17, 15) is 23.1 Å². The first-order valence-electron chi connectivity index (χ1n) is 9.24. The molecule has 0 radical (unpaired) electrons. The number of aryl methyl sites for hydroxylation is 1. The molecule has 2 atom stereocenters. The van der Waals surface area contributed by atoms with E-state index in [-0.39, 0.29) is 67.5 Å². The largest absolute Gasteiger partial charge is 0.490 e. The molecule has 27 heavy (non-hydrogen) atoms. The lowest BCUT2D eigenvalue weighted by Gasteiger charge is -2.30. The van der Waals surface area contributed by atoms with Gasteiger partial charge in [-0.15, -0.1) is 0 Å². The Morgan fingerprint density at radius 1 is 1.33 bits per heavy atom. The highest BCUT2D eigenvalue weighted by molar-refractivity contribution is 6.00. The van der Waals surface area contributed by atoms with Crippen LogP contribution in [0.2, 0.25) is 0 Å². The van der Waals surface area contributed by atoms with E-state index < -0.39 is 29.9 Å². The number of aliphatic hydroxyl groups excluding tert-OH is 1. The fourth-order valence-electron chi connectivity index (χ4n) is 4.09. The SMILES string of the molecule is Cc1cc2c(c(OC3CCC(F)(F)CC3)c1F)C(=O)N1C[C@@H](O)C[C@@H]1CO2. The Morgan fingerprint density at radius 2 is 2.04 bits per heavy atom. The highest BCUT2D eigenvalue weighted by atomic mass is 19.3. The molecule has 1 aromatic carbocycles. The van der Waals surface area contributed by atoms with Crippen LogP contribution in [0.4, 0.5) is 13.2 Å². The first-order valence-corrected chi connectivity index (χ1v) is 9.24. The predicted molar refractivity (Wildman–Crippen MR) is 89.9 cm³/mol. The molecule has 5 nitrogen and oxygen atoms in total. The van der Waals surface area contributed by atoms with Crippen molar-refractivity contribution in [2.75, 3.05) is 13.2 Å². The molecule has 1 saturated carbocycles. The van der Waals surface area contributed by atoms with Crippen LogP contribution in [0.25, 0.3) is 0 Å². The Morgan fingerprint density at radius 3 is 2.74 bits per heavy atom. The standard InChI is InChI=1S/C19H22F3NO4/c1-10-6-14-15(18(25)23-8-12(24)7-11(23)9-26-14)17(16(10)20)27-13-2-4-19(21,22)5-3-13/h6,11-13,24H,2-5,7-9H2,1H3/t11-,12+/m1/s1. The van der Waals surface area contributed by atoms with Crippen molar-refractivity contribution in [3.05, 3.63) is 23.0 Å². The summed E-state index contributed by atoms with van der Waals surface area (Å²) < 4.78 is 53.2. The average molecular weight is 385 g/mol. The molecule has 148 valence electrons. The number of halogens is 3. The van der Waals surface area contributed by atoms with Crippen LogP contribution in [0.5, 0.6) is 11.5 Å². The molecule has 0 spiro atoms. The maximum absolute atomic E-state index is 14.9. The van der Waals surface area contributed by atoms with Crippen LogP contribution in [0.15, 0.2) is 6.07 Å². The minimum absolute atomic E-state index is 0.0213. The number of rotatable bonds is 2. The molecule has 3 aliphatic rings. The molecule has 4 rings (SSSR count).